The predicted octanol–water partition coefficient (Wildman–Crippen LogP) is 10.2. The molecule has 1 unspecified atom stereocenters. The van der Waals surface area contributed by atoms with E-state index in [0.717, 1.165) is 0 Å². The first-order chi connectivity index (χ1) is 20.3. The van der Waals surface area contributed by atoms with E-state index in [2.05, 4.69) is 164 Å². The Labute approximate surface area is 250 Å². The molecule has 2 heterocycles. The molecular weight excluding hydrogens is 526 g/mol. The molecule has 202 valence electrons. The SMILES string of the molecule is C.[B]CP.c1ccc2c(c1)c1ccccc1n2-c1ccc(-c2ccc(-n3c4ccccc4c4ccccc43)cc2)cc1. The summed E-state index contributed by atoms with van der Waals surface area (Å²) < 4.78 is 4.72. The van der Waals surface area contributed by atoms with Crippen LogP contribution < -0.4 is 0 Å². The zero-order valence-electron chi connectivity index (χ0n) is 22.6. The standard InChI is InChI=1S/C36H24N2.CH4BP.CH4/c1-5-13-33-29(9-1)30-10-2-6-14-34(30)37(33)27-21-17-25(18-22-27)26-19-23-28(24-20-26)38-35-15-7-3-11-31(35)32-12-4-8-16-36(32)38;2-1-3;/h1-24H;1,3H2;1H4. The van der Waals surface area contributed by atoms with Crippen molar-refractivity contribution in [2.24, 2.45) is 0 Å². The highest BCUT2D eigenvalue weighted by Crippen LogP contribution is 2.34. The lowest BCUT2D eigenvalue weighted by Gasteiger charge is -2.11. The van der Waals surface area contributed by atoms with Crippen LogP contribution in [0.1, 0.15) is 7.43 Å². The average molecular weight is 558 g/mol. The summed E-state index contributed by atoms with van der Waals surface area (Å²) in [7, 11) is 7.17. The van der Waals surface area contributed by atoms with Crippen molar-refractivity contribution in [1.29, 1.82) is 0 Å². The molecule has 6 aromatic carbocycles. The number of nitrogens with zero attached hydrogens (tertiary/aromatic N) is 2. The summed E-state index contributed by atoms with van der Waals surface area (Å²) in [4.78, 5) is 0. The second kappa shape index (κ2) is 11.7. The third-order valence-corrected chi connectivity index (χ3v) is 7.74. The molecule has 0 spiro atoms. The molecule has 0 aliphatic heterocycles. The smallest absolute Gasteiger partial charge is 0.0709 e. The van der Waals surface area contributed by atoms with Crippen LogP contribution in [0.2, 0.25) is 0 Å². The van der Waals surface area contributed by atoms with Crippen molar-refractivity contribution in [1.82, 2.24) is 9.13 Å². The van der Waals surface area contributed by atoms with Gasteiger partial charge >= 0.3 is 0 Å². The molecule has 0 fully saturated rings. The summed E-state index contributed by atoms with van der Waals surface area (Å²) in [6, 6.07) is 53.1. The molecule has 0 aliphatic carbocycles. The second-order valence-corrected chi connectivity index (χ2v) is 10.5. The van der Waals surface area contributed by atoms with Crippen LogP contribution >= 0.6 is 9.24 Å². The maximum Gasteiger partial charge on any atom is 0.0709 e. The van der Waals surface area contributed by atoms with E-state index in [1.807, 2.05) is 0 Å². The monoisotopic (exact) mass is 558 g/mol. The molecule has 4 heteroatoms. The van der Waals surface area contributed by atoms with Gasteiger partial charge in [0, 0.05) is 32.9 Å². The summed E-state index contributed by atoms with van der Waals surface area (Å²) in [5, 5.41) is 5.14. The predicted molar refractivity (Wildman–Crippen MR) is 188 cm³/mol. The van der Waals surface area contributed by atoms with Crippen LogP contribution in [-0.4, -0.2) is 23.0 Å². The topological polar surface area (TPSA) is 9.86 Å². The number of hydrogen-bond acceptors (Lipinski definition) is 0. The highest BCUT2D eigenvalue weighted by molar-refractivity contribution is 7.19. The molecule has 0 N–H and O–H groups in total. The number of benzene rings is 6. The van der Waals surface area contributed by atoms with Gasteiger partial charge in [-0.3, -0.25) is 0 Å². The van der Waals surface area contributed by atoms with Crippen molar-refractivity contribution in [2.75, 3.05) is 6.06 Å². The number of para-hydroxylation sites is 4. The first-order valence-corrected chi connectivity index (χ1v) is 14.7. The molecule has 0 bridgehead atoms. The fraction of sp³-hybridized carbons (Fsp3) is 0.0526. The summed E-state index contributed by atoms with van der Waals surface area (Å²) >= 11 is 0. The van der Waals surface area contributed by atoms with Gasteiger partial charge in [-0.25, -0.2) is 0 Å². The van der Waals surface area contributed by atoms with E-state index in [1.54, 1.807) is 0 Å². The molecule has 0 saturated carbocycles. The van der Waals surface area contributed by atoms with Gasteiger partial charge in [-0.2, -0.15) is 0 Å². The number of rotatable bonds is 3. The fourth-order valence-electron chi connectivity index (χ4n) is 6.01. The van der Waals surface area contributed by atoms with E-state index in [4.69, 9.17) is 7.85 Å². The minimum absolute atomic E-state index is 0. The molecule has 2 nitrogen and oxygen atoms in total. The Kier molecular flexibility index (Phi) is 7.70. The van der Waals surface area contributed by atoms with Crippen LogP contribution in [0.15, 0.2) is 146 Å². The van der Waals surface area contributed by atoms with Crippen molar-refractivity contribution in [2.45, 2.75) is 7.43 Å². The van der Waals surface area contributed by atoms with Crippen molar-refractivity contribution in [3.05, 3.63) is 146 Å². The van der Waals surface area contributed by atoms with Crippen LogP contribution in [-0.2, 0) is 0 Å². The highest BCUT2D eigenvalue weighted by atomic mass is 31.0. The van der Waals surface area contributed by atoms with E-state index >= 15 is 0 Å². The molecular formula is C38H32BN2P. The summed E-state index contributed by atoms with van der Waals surface area (Å²) in [6.07, 6.45) is 0. The molecule has 1 atom stereocenters. The fourth-order valence-corrected chi connectivity index (χ4v) is 6.01. The van der Waals surface area contributed by atoms with Crippen molar-refractivity contribution in [3.8, 4) is 22.5 Å². The van der Waals surface area contributed by atoms with Gasteiger partial charge in [0.1, 0.15) is 0 Å². The minimum Gasteiger partial charge on any atom is -0.309 e. The maximum absolute atomic E-state index is 4.81. The van der Waals surface area contributed by atoms with Gasteiger partial charge in [-0.05, 0) is 59.7 Å². The Morgan fingerprint density at radius 1 is 0.405 bits per heavy atom. The first kappa shape index (κ1) is 27.6. The van der Waals surface area contributed by atoms with Gasteiger partial charge in [-0.1, -0.05) is 111 Å². The van der Waals surface area contributed by atoms with E-state index in [-0.39, 0.29) is 7.43 Å². The van der Waals surface area contributed by atoms with E-state index in [9.17, 15) is 0 Å². The van der Waals surface area contributed by atoms with Gasteiger partial charge in [0.15, 0.2) is 0 Å². The number of aromatic nitrogens is 2. The molecule has 0 amide bonds. The van der Waals surface area contributed by atoms with Crippen LogP contribution in [0.25, 0.3) is 66.1 Å². The molecule has 0 saturated heterocycles. The molecule has 2 radical (unpaired) electrons. The highest BCUT2D eigenvalue weighted by Gasteiger charge is 2.13. The molecule has 0 aliphatic rings. The second-order valence-electron chi connectivity index (χ2n) is 10.1. The van der Waals surface area contributed by atoms with Crippen LogP contribution in [0.4, 0.5) is 0 Å². The van der Waals surface area contributed by atoms with E-state index in [0.29, 0.717) is 6.06 Å². The Bertz CT molecular complexity index is 1880. The van der Waals surface area contributed by atoms with E-state index < -0.39 is 0 Å². The normalized spacial score (nSPS) is 11.0. The van der Waals surface area contributed by atoms with Gasteiger partial charge in [-0.15, -0.1) is 9.24 Å². The third kappa shape index (κ3) is 4.61. The molecule has 42 heavy (non-hydrogen) atoms. The van der Waals surface area contributed by atoms with Crippen molar-refractivity contribution in [3.63, 3.8) is 0 Å². The first-order valence-electron chi connectivity index (χ1n) is 13.9. The third-order valence-electron chi connectivity index (χ3n) is 7.74. The Hall–Kier alpha value is -4.59. The number of hydrogen-bond donors (Lipinski definition) is 0. The Morgan fingerprint density at radius 3 is 0.905 bits per heavy atom. The quantitative estimate of drug-likeness (QED) is 0.151. The van der Waals surface area contributed by atoms with Gasteiger partial charge in [0.25, 0.3) is 0 Å². The van der Waals surface area contributed by atoms with Crippen molar-refractivity contribution >= 4 is 60.7 Å². The minimum atomic E-state index is 0. The van der Waals surface area contributed by atoms with Gasteiger partial charge < -0.3 is 9.13 Å². The zero-order chi connectivity index (χ0) is 27.8. The lowest BCUT2D eigenvalue weighted by atomic mass is 10.0. The lowest BCUT2D eigenvalue weighted by molar-refractivity contribution is 1.18. The summed E-state index contributed by atoms with van der Waals surface area (Å²) in [5.74, 6) is 0. The molecule has 8 rings (SSSR count). The van der Waals surface area contributed by atoms with Crippen molar-refractivity contribution < 1.29 is 0 Å². The Balaban J connectivity index is 0.000000759. The maximum atomic E-state index is 4.81. The largest absolute Gasteiger partial charge is 0.309 e. The zero-order valence-corrected chi connectivity index (χ0v) is 23.8. The van der Waals surface area contributed by atoms with Crippen LogP contribution in [0.5, 0.6) is 0 Å². The summed E-state index contributed by atoms with van der Waals surface area (Å²) in [5.41, 5.74) is 9.70. The Morgan fingerprint density at radius 2 is 0.643 bits per heavy atom. The van der Waals surface area contributed by atoms with Crippen LogP contribution in [0.3, 0.4) is 0 Å². The average Bonchev–Trinajstić information content (AvgIpc) is 3.55. The summed E-state index contributed by atoms with van der Waals surface area (Å²) in [6.45, 7) is 0. The number of fused-ring (bicyclic) bond motifs is 6. The van der Waals surface area contributed by atoms with Crippen LogP contribution in [0, 0.1) is 0 Å². The molecule has 8 aromatic rings. The molecule has 2 aromatic heterocycles. The van der Waals surface area contributed by atoms with Gasteiger partial charge in [0.05, 0.1) is 29.9 Å². The van der Waals surface area contributed by atoms with Gasteiger partial charge in [0.2, 0.25) is 0 Å². The lowest BCUT2D eigenvalue weighted by Crippen LogP contribution is -1.94. The van der Waals surface area contributed by atoms with E-state index in [1.165, 1.54) is 66.1 Å².